The van der Waals surface area contributed by atoms with Crippen molar-refractivity contribution in [3.05, 3.63) is 35.9 Å². The molecule has 1 saturated carbocycles. The summed E-state index contributed by atoms with van der Waals surface area (Å²) < 4.78 is 5.43. The molecule has 1 aliphatic heterocycles. The van der Waals surface area contributed by atoms with Crippen LogP contribution in [0.15, 0.2) is 30.3 Å². The van der Waals surface area contributed by atoms with E-state index in [4.69, 9.17) is 4.74 Å². The highest BCUT2D eigenvalue weighted by Gasteiger charge is 2.58. The molecule has 23 heavy (non-hydrogen) atoms. The Kier molecular flexibility index (Phi) is 4.28. The fourth-order valence-electron chi connectivity index (χ4n) is 3.44. The van der Waals surface area contributed by atoms with Gasteiger partial charge in [0, 0.05) is 0 Å². The molecule has 0 aromatic heterocycles. The van der Waals surface area contributed by atoms with E-state index in [-0.39, 0.29) is 18.6 Å². The third-order valence-corrected chi connectivity index (χ3v) is 4.78. The smallest absolute Gasteiger partial charge is 0.430 e. The van der Waals surface area contributed by atoms with Crippen LogP contribution < -0.4 is 0 Å². The van der Waals surface area contributed by atoms with Gasteiger partial charge in [0.2, 0.25) is 0 Å². The molecule has 2 fully saturated rings. The van der Waals surface area contributed by atoms with E-state index in [1.165, 1.54) is 11.4 Å². The molecule has 3 rings (SSSR count). The molecule has 1 heterocycles. The first-order chi connectivity index (χ1) is 11.0. The number of carbonyl (C=O) groups is 2. The molecule has 0 bridgehead atoms. The van der Waals surface area contributed by atoms with Crippen LogP contribution >= 0.6 is 0 Å². The largest absolute Gasteiger partial charge is 0.443 e. The van der Waals surface area contributed by atoms with Crippen molar-refractivity contribution in [3.8, 4) is 0 Å². The van der Waals surface area contributed by atoms with Gasteiger partial charge in [-0.3, -0.25) is 4.79 Å². The summed E-state index contributed by atoms with van der Waals surface area (Å²) in [6.45, 7) is 3.77. The van der Waals surface area contributed by atoms with Crippen LogP contribution in [0.5, 0.6) is 0 Å². The van der Waals surface area contributed by atoms with Crippen molar-refractivity contribution in [2.75, 3.05) is 0 Å². The molecule has 5 nitrogen and oxygen atoms in total. The summed E-state index contributed by atoms with van der Waals surface area (Å²) in [7, 11) is 0. The number of benzene rings is 1. The van der Waals surface area contributed by atoms with Crippen LogP contribution in [-0.2, 0) is 16.1 Å². The van der Waals surface area contributed by atoms with Crippen molar-refractivity contribution >= 4 is 12.0 Å². The quantitative estimate of drug-likeness (QED) is 0.857. The van der Waals surface area contributed by atoms with Crippen LogP contribution in [0.1, 0.15) is 51.5 Å². The Morgan fingerprint density at radius 1 is 1.17 bits per heavy atom. The van der Waals surface area contributed by atoms with E-state index < -0.39 is 11.6 Å². The SMILES string of the molecule is CC1(C)C(=O)N(C2CCCCC2)N1C(=O)OCc1ccccc1. The van der Waals surface area contributed by atoms with E-state index in [0.29, 0.717) is 0 Å². The summed E-state index contributed by atoms with van der Waals surface area (Å²) in [6, 6.07) is 9.71. The molecule has 0 radical (unpaired) electrons. The average Bonchev–Trinajstić information content (AvgIpc) is 2.58. The van der Waals surface area contributed by atoms with Crippen molar-refractivity contribution < 1.29 is 14.3 Å². The van der Waals surface area contributed by atoms with Gasteiger partial charge in [0.25, 0.3) is 5.91 Å². The zero-order valence-electron chi connectivity index (χ0n) is 13.8. The van der Waals surface area contributed by atoms with E-state index in [2.05, 4.69) is 0 Å². The Balaban J connectivity index is 1.67. The number of amides is 2. The lowest BCUT2D eigenvalue weighted by molar-refractivity contribution is -0.215. The molecule has 124 valence electrons. The van der Waals surface area contributed by atoms with Gasteiger partial charge in [0.05, 0.1) is 6.04 Å². The minimum Gasteiger partial charge on any atom is -0.443 e. The highest BCUT2D eigenvalue weighted by atomic mass is 16.6. The predicted molar refractivity (Wildman–Crippen MR) is 86.3 cm³/mol. The van der Waals surface area contributed by atoms with Gasteiger partial charge in [0.15, 0.2) is 0 Å². The molecule has 0 N–H and O–H groups in total. The van der Waals surface area contributed by atoms with Crippen molar-refractivity contribution in [1.29, 1.82) is 0 Å². The Morgan fingerprint density at radius 2 is 1.83 bits per heavy atom. The third kappa shape index (κ3) is 2.92. The number of nitrogens with zero attached hydrogens (tertiary/aromatic N) is 2. The van der Waals surface area contributed by atoms with E-state index in [9.17, 15) is 9.59 Å². The molecule has 1 aromatic carbocycles. The van der Waals surface area contributed by atoms with Crippen molar-refractivity contribution in [2.45, 2.75) is 64.1 Å². The fraction of sp³-hybridized carbons (Fsp3) is 0.556. The number of carbonyl (C=O) groups excluding carboxylic acids is 2. The molecule has 1 saturated heterocycles. The second-order valence-corrected chi connectivity index (χ2v) is 6.85. The summed E-state index contributed by atoms with van der Waals surface area (Å²) in [4.78, 5) is 25.0. The molecule has 2 aliphatic rings. The van der Waals surface area contributed by atoms with Gasteiger partial charge in [-0.2, -0.15) is 0 Å². The Hall–Kier alpha value is -2.04. The lowest BCUT2D eigenvalue weighted by Crippen LogP contribution is -2.78. The molecule has 1 aliphatic carbocycles. The first-order valence-corrected chi connectivity index (χ1v) is 8.36. The van der Waals surface area contributed by atoms with Gasteiger partial charge in [-0.15, -0.1) is 0 Å². The van der Waals surface area contributed by atoms with Gasteiger partial charge >= 0.3 is 6.09 Å². The molecular formula is C18H24N2O3. The highest BCUT2D eigenvalue weighted by molar-refractivity contribution is 5.96. The summed E-state index contributed by atoms with van der Waals surface area (Å²) >= 11 is 0. The van der Waals surface area contributed by atoms with Gasteiger partial charge in [-0.25, -0.2) is 14.8 Å². The normalized spacial score (nSPS) is 21.0. The fourth-order valence-corrected chi connectivity index (χ4v) is 3.44. The topological polar surface area (TPSA) is 49.9 Å². The molecule has 2 amide bonds. The first-order valence-electron chi connectivity index (χ1n) is 8.36. The Bertz CT molecular complexity index is 579. The highest BCUT2D eigenvalue weighted by Crippen LogP contribution is 2.37. The second kappa shape index (κ2) is 6.22. The number of ether oxygens (including phenoxy) is 1. The summed E-state index contributed by atoms with van der Waals surface area (Å²) in [5, 5.41) is 3.14. The Labute approximate surface area is 137 Å². The van der Waals surface area contributed by atoms with Gasteiger partial charge in [-0.05, 0) is 32.3 Å². The van der Waals surface area contributed by atoms with Crippen LogP contribution in [0, 0.1) is 0 Å². The van der Waals surface area contributed by atoms with E-state index in [1.807, 2.05) is 30.3 Å². The monoisotopic (exact) mass is 316 g/mol. The zero-order chi connectivity index (χ0) is 16.4. The zero-order valence-corrected chi connectivity index (χ0v) is 13.8. The van der Waals surface area contributed by atoms with E-state index in [0.717, 1.165) is 31.2 Å². The first kappa shape index (κ1) is 15.8. The lowest BCUT2D eigenvalue weighted by atomic mass is 9.89. The number of hydrogen-bond acceptors (Lipinski definition) is 3. The van der Waals surface area contributed by atoms with Gasteiger partial charge in [-0.1, -0.05) is 49.6 Å². The van der Waals surface area contributed by atoms with Crippen molar-refractivity contribution in [1.82, 2.24) is 10.0 Å². The molecule has 0 unspecified atom stereocenters. The maximum absolute atomic E-state index is 12.5. The van der Waals surface area contributed by atoms with Crippen LogP contribution in [0.2, 0.25) is 0 Å². The van der Waals surface area contributed by atoms with Gasteiger partial charge < -0.3 is 4.74 Å². The van der Waals surface area contributed by atoms with Crippen molar-refractivity contribution in [3.63, 3.8) is 0 Å². The lowest BCUT2D eigenvalue weighted by Gasteiger charge is -2.57. The molecular weight excluding hydrogens is 292 g/mol. The third-order valence-electron chi connectivity index (χ3n) is 4.78. The van der Waals surface area contributed by atoms with E-state index >= 15 is 0 Å². The predicted octanol–water partition coefficient (Wildman–Crippen LogP) is 3.49. The minimum absolute atomic E-state index is 0.0149. The number of hydrazine groups is 1. The van der Waals surface area contributed by atoms with Crippen LogP contribution in [0.25, 0.3) is 0 Å². The maximum atomic E-state index is 12.5. The molecule has 0 atom stereocenters. The average molecular weight is 316 g/mol. The molecule has 0 spiro atoms. The molecule has 1 aromatic rings. The standard InChI is InChI=1S/C18H24N2O3/c1-18(2)16(21)19(15-11-7-4-8-12-15)20(18)17(22)23-13-14-9-5-3-6-10-14/h3,5-6,9-10,15H,4,7-8,11-13H2,1-2H3. The van der Waals surface area contributed by atoms with Crippen LogP contribution in [-0.4, -0.2) is 33.6 Å². The van der Waals surface area contributed by atoms with E-state index in [1.54, 1.807) is 18.9 Å². The summed E-state index contributed by atoms with van der Waals surface area (Å²) in [6.07, 6.45) is 4.92. The van der Waals surface area contributed by atoms with Crippen LogP contribution in [0.4, 0.5) is 4.79 Å². The summed E-state index contributed by atoms with van der Waals surface area (Å²) in [5.74, 6) is 0.0149. The maximum Gasteiger partial charge on any atom is 0.430 e. The molecule has 5 heteroatoms. The van der Waals surface area contributed by atoms with Crippen molar-refractivity contribution in [2.24, 2.45) is 0 Å². The van der Waals surface area contributed by atoms with Gasteiger partial charge in [0.1, 0.15) is 12.1 Å². The number of rotatable bonds is 3. The summed E-state index contributed by atoms with van der Waals surface area (Å²) in [5.41, 5.74) is 0.125. The second-order valence-electron chi connectivity index (χ2n) is 6.85. The van der Waals surface area contributed by atoms with Crippen LogP contribution in [0.3, 0.4) is 0 Å². The number of hydrogen-bond donors (Lipinski definition) is 0. The Morgan fingerprint density at radius 3 is 2.48 bits per heavy atom. The minimum atomic E-state index is -0.814.